The molecule has 2 rings (SSSR count). The van der Waals surface area contributed by atoms with Crippen molar-refractivity contribution in [3.63, 3.8) is 0 Å². The van der Waals surface area contributed by atoms with Crippen LogP contribution in [0.5, 0.6) is 34.5 Å². The Morgan fingerprint density at radius 1 is 0.677 bits per heavy atom. The predicted octanol–water partition coefficient (Wildman–Crippen LogP) is 0.236. The molecular formula is C20H22CuO10. The predicted molar refractivity (Wildman–Crippen MR) is 99.5 cm³/mol. The Bertz CT molecular complexity index is 878. The summed E-state index contributed by atoms with van der Waals surface area (Å²) in [5.41, 5.74) is -0.449. The zero-order valence-electron chi connectivity index (χ0n) is 16.6. The van der Waals surface area contributed by atoms with Gasteiger partial charge in [-0.15, -0.1) is 0 Å². The number of aromatic carboxylic acids is 2. The number of hydrogen-bond acceptors (Lipinski definition) is 10. The van der Waals surface area contributed by atoms with Crippen LogP contribution in [0.4, 0.5) is 0 Å². The first-order valence-corrected chi connectivity index (χ1v) is 8.93. The van der Waals surface area contributed by atoms with Gasteiger partial charge in [0.1, 0.15) is 0 Å². The number of carboxylic acid groups (broad SMARTS) is 2. The molecule has 1 radical (unpaired) electrons. The second kappa shape index (κ2) is 11.8. The number of carbonyl (C=O) groups excluding carboxylic acids is 2. The number of phenolic OH excluding ortho intramolecular Hbond substituents is 6. The summed E-state index contributed by atoms with van der Waals surface area (Å²) in [7, 11) is 0. The number of hydrogen-bond donors (Lipinski definition) is 6. The Hall–Kier alpha value is -3.30. The van der Waals surface area contributed by atoms with Gasteiger partial charge in [0.15, 0.2) is 23.0 Å². The second-order valence-electron chi connectivity index (χ2n) is 6.31. The van der Waals surface area contributed by atoms with Gasteiger partial charge in [-0.3, -0.25) is 0 Å². The van der Waals surface area contributed by atoms with E-state index in [1.165, 1.54) is 0 Å². The first kappa shape index (κ1) is 27.7. The van der Waals surface area contributed by atoms with Gasteiger partial charge in [-0.1, -0.05) is 26.7 Å². The summed E-state index contributed by atoms with van der Waals surface area (Å²) >= 11 is 0. The van der Waals surface area contributed by atoms with Gasteiger partial charge in [-0.05, 0) is 25.0 Å². The molecule has 2 aromatic rings. The molecule has 0 aliphatic heterocycles. The van der Waals surface area contributed by atoms with Crippen LogP contribution in [-0.2, 0) is 29.9 Å². The van der Waals surface area contributed by atoms with Crippen molar-refractivity contribution in [2.45, 2.75) is 39.5 Å². The minimum atomic E-state index is -1.50. The molecule has 0 spiro atoms. The van der Waals surface area contributed by atoms with Gasteiger partial charge < -0.3 is 50.4 Å². The third-order valence-corrected chi connectivity index (χ3v) is 4.16. The number of carbonyl (C=O) groups is 2. The van der Waals surface area contributed by atoms with E-state index in [9.17, 15) is 40.2 Å². The van der Waals surface area contributed by atoms with E-state index in [4.69, 9.17) is 10.2 Å². The largest absolute Gasteiger partial charge is 2.00 e. The molecule has 0 saturated heterocycles. The van der Waals surface area contributed by atoms with Gasteiger partial charge in [0.25, 0.3) is 0 Å². The van der Waals surface area contributed by atoms with Gasteiger partial charge in [-0.25, -0.2) is 0 Å². The number of aromatic hydroxyl groups is 6. The average Bonchev–Trinajstić information content (AvgIpc) is 2.68. The van der Waals surface area contributed by atoms with E-state index in [-0.39, 0.29) is 52.2 Å². The summed E-state index contributed by atoms with van der Waals surface area (Å²) < 4.78 is 0. The van der Waals surface area contributed by atoms with E-state index < -0.39 is 46.4 Å². The average molecular weight is 486 g/mol. The molecule has 0 amide bonds. The molecule has 0 aliphatic carbocycles. The molecule has 173 valence electrons. The minimum Gasteiger partial charge on any atom is -0.545 e. The second-order valence-corrected chi connectivity index (χ2v) is 6.31. The van der Waals surface area contributed by atoms with E-state index >= 15 is 0 Å². The Morgan fingerprint density at radius 2 is 0.968 bits per heavy atom. The summed E-state index contributed by atoms with van der Waals surface area (Å²) in [5, 5.41) is 76.9. The molecule has 0 saturated carbocycles. The summed E-state index contributed by atoms with van der Waals surface area (Å²) in [6, 6.07) is 1.74. The van der Waals surface area contributed by atoms with E-state index in [0.717, 1.165) is 12.1 Å². The van der Waals surface area contributed by atoms with Crippen LogP contribution >= 0.6 is 0 Å². The number of rotatable bonds is 6. The van der Waals surface area contributed by atoms with Crippen LogP contribution in [0, 0.1) is 0 Å². The van der Waals surface area contributed by atoms with Crippen molar-refractivity contribution in [3.8, 4) is 34.5 Å². The van der Waals surface area contributed by atoms with Crippen molar-refractivity contribution in [3.05, 3.63) is 34.4 Å². The first-order chi connectivity index (χ1) is 14.0. The third-order valence-electron chi connectivity index (χ3n) is 4.16. The number of phenols is 6. The Kier molecular flexibility index (Phi) is 10.5. The quantitative estimate of drug-likeness (QED) is 0.243. The van der Waals surface area contributed by atoms with Crippen LogP contribution in [0.25, 0.3) is 0 Å². The van der Waals surface area contributed by atoms with Crippen LogP contribution in [0.15, 0.2) is 12.1 Å². The molecule has 0 bridgehead atoms. The Labute approximate surface area is 188 Å². The van der Waals surface area contributed by atoms with Crippen LogP contribution in [0.3, 0.4) is 0 Å². The molecule has 2 aromatic carbocycles. The fourth-order valence-corrected chi connectivity index (χ4v) is 2.74. The van der Waals surface area contributed by atoms with Gasteiger partial charge in [0.2, 0.25) is 11.5 Å². The molecular weight excluding hydrogens is 464 g/mol. The third kappa shape index (κ3) is 6.34. The zero-order chi connectivity index (χ0) is 23.2. The smallest absolute Gasteiger partial charge is 0.545 e. The Morgan fingerprint density at radius 3 is 1.19 bits per heavy atom. The van der Waals surface area contributed by atoms with E-state index in [1.807, 2.05) is 0 Å². The minimum absolute atomic E-state index is 0. The SMILES string of the molecule is CCCc1c(C(=O)[O-])cc(O)c(O)c1O.CCCc1c(C(=O)[O-])cc(O)c(O)c1O.[Cu+2]. The van der Waals surface area contributed by atoms with Crippen molar-refractivity contribution in [2.75, 3.05) is 0 Å². The Balaban J connectivity index is 0.000000562. The number of carboxylic acids is 2. The van der Waals surface area contributed by atoms with E-state index in [2.05, 4.69) is 0 Å². The zero-order valence-corrected chi connectivity index (χ0v) is 17.5. The van der Waals surface area contributed by atoms with Crippen molar-refractivity contribution in [1.82, 2.24) is 0 Å². The topological polar surface area (TPSA) is 202 Å². The van der Waals surface area contributed by atoms with Crippen molar-refractivity contribution in [1.29, 1.82) is 0 Å². The fourth-order valence-electron chi connectivity index (χ4n) is 2.74. The molecule has 31 heavy (non-hydrogen) atoms. The molecule has 0 aliphatic rings. The molecule has 6 N–H and O–H groups in total. The van der Waals surface area contributed by atoms with Crippen molar-refractivity contribution in [2.24, 2.45) is 0 Å². The normalized spacial score (nSPS) is 9.87. The van der Waals surface area contributed by atoms with Crippen LogP contribution in [0.1, 0.15) is 58.5 Å². The summed E-state index contributed by atoms with van der Waals surface area (Å²) in [5.74, 6) is -6.95. The van der Waals surface area contributed by atoms with Gasteiger partial charge in [-0.2, -0.15) is 0 Å². The monoisotopic (exact) mass is 485 g/mol. The first-order valence-electron chi connectivity index (χ1n) is 8.93. The van der Waals surface area contributed by atoms with Crippen LogP contribution in [-0.4, -0.2) is 42.6 Å². The molecule has 11 heteroatoms. The van der Waals surface area contributed by atoms with Crippen molar-refractivity contribution >= 4 is 11.9 Å². The van der Waals surface area contributed by atoms with E-state index in [0.29, 0.717) is 12.8 Å². The molecule has 0 fully saturated rings. The van der Waals surface area contributed by atoms with E-state index in [1.54, 1.807) is 13.8 Å². The van der Waals surface area contributed by atoms with Crippen molar-refractivity contribution < 1.29 is 67.5 Å². The summed E-state index contributed by atoms with van der Waals surface area (Å²) in [4.78, 5) is 21.4. The number of benzene rings is 2. The van der Waals surface area contributed by atoms with Gasteiger partial charge >= 0.3 is 17.1 Å². The maximum Gasteiger partial charge on any atom is 2.00 e. The maximum atomic E-state index is 10.7. The molecule has 0 unspecified atom stereocenters. The van der Waals surface area contributed by atoms with Crippen LogP contribution < -0.4 is 10.2 Å². The molecule has 10 nitrogen and oxygen atoms in total. The van der Waals surface area contributed by atoms with Gasteiger partial charge in [0, 0.05) is 22.3 Å². The fraction of sp³-hybridized carbons (Fsp3) is 0.300. The summed E-state index contributed by atoms with van der Waals surface area (Å²) in [6.45, 7) is 3.59. The van der Waals surface area contributed by atoms with Crippen LogP contribution in [0.2, 0.25) is 0 Å². The standard InChI is InChI=1S/2C10H12O5.Cu/c2*1-2-3-5-6(10(14)15)4-7(11)9(13)8(5)12;/h2*4,11-13H,2-3H2,1H3,(H,14,15);/q;;+2/p-2. The molecule has 0 atom stereocenters. The van der Waals surface area contributed by atoms with Gasteiger partial charge in [0.05, 0.1) is 11.9 Å². The molecule has 0 aromatic heterocycles. The molecule has 0 heterocycles. The maximum absolute atomic E-state index is 10.7. The summed E-state index contributed by atoms with van der Waals surface area (Å²) in [6.07, 6.45) is 1.75.